The van der Waals surface area contributed by atoms with Crippen LogP contribution in [-0.2, 0) is 14.3 Å². The molecule has 2 atom stereocenters. The smallest absolute Gasteiger partial charge is 0.316 e. The molecule has 0 spiro atoms. The average Bonchev–Trinajstić information content (AvgIpc) is 2.27. The molecular formula is C14H27NO4. The van der Waals surface area contributed by atoms with Crippen LogP contribution < -0.4 is 5.73 Å². The van der Waals surface area contributed by atoms with Gasteiger partial charge in [-0.1, -0.05) is 33.6 Å². The maximum absolute atomic E-state index is 11.4. The molecule has 5 nitrogen and oxygen atoms in total. The number of aliphatic hydroxyl groups is 1. The molecule has 0 bridgehead atoms. The summed E-state index contributed by atoms with van der Waals surface area (Å²) in [6.45, 7) is 6.01. The second kappa shape index (κ2) is 9.92. The standard InChI is InChI=1S/C14H27NO4/c1-4-5-6-7-13(17)19-14(18)9-12(16)11(15)8-10(2)3/h10-12,16H,4-9,15H2,1-3H3/t11-,12-/m0/s1. The van der Waals surface area contributed by atoms with Gasteiger partial charge < -0.3 is 15.6 Å². The van der Waals surface area contributed by atoms with Crippen molar-refractivity contribution in [1.29, 1.82) is 0 Å². The van der Waals surface area contributed by atoms with Crippen LogP contribution in [-0.4, -0.2) is 29.2 Å². The molecule has 0 aliphatic rings. The number of unbranched alkanes of at least 4 members (excludes halogenated alkanes) is 2. The molecule has 0 aliphatic carbocycles. The van der Waals surface area contributed by atoms with Crippen LogP contribution in [0, 0.1) is 5.92 Å². The minimum Gasteiger partial charge on any atom is -0.393 e. The molecule has 0 unspecified atom stereocenters. The topological polar surface area (TPSA) is 89.6 Å². The highest BCUT2D eigenvalue weighted by molar-refractivity contribution is 5.85. The maximum atomic E-state index is 11.4. The summed E-state index contributed by atoms with van der Waals surface area (Å²) >= 11 is 0. The van der Waals surface area contributed by atoms with Gasteiger partial charge in [0.15, 0.2) is 0 Å². The largest absolute Gasteiger partial charge is 0.393 e. The third-order valence-corrected chi connectivity index (χ3v) is 2.83. The van der Waals surface area contributed by atoms with E-state index in [2.05, 4.69) is 4.74 Å². The molecule has 19 heavy (non-hydrogen) atoms. The molecule has 0 rings (SSSR count). The predicted octanol–water partition coefficient (Wildman–Crippen LogP) is 1.76. The fourth-order valence-corrected chi connectivity index (χ4v) is 1.76. The van der Waals surface area contributed by atoms with Crippen molar-refractivity contribution in [2.75, 3.05) is 0 Å². The summed E-state index contributed by atoms with van der Waals surface area (Å²) in [6.07, 6.45) is 2.34. The summed E-state index contributed by atoms with van der Waals surface area (Å²) in [5.41, 5.74) is 5.75. The maximum Gasteiger partial charge on any atom is 0.316 e. The van der Waals surface area contributed by atoms with E-state index in [9.17, 15) is 14.7 Å². The molecule has 0 heterocycles. The fraction of sp³-hybridized carbons (Fsp3) is 0.857. The predicted molar refractivity (Wildman–Crippen MR) is 73.3 cm³/mol. The normalized spacial score (nSPS) is 14.2. The Bertz CT molecular complexity index is 279. The zero-order valence-electron chi connectivity index (χ0n) is 12.2. The number of carbonyl (C=O) groups is 2. The SMILES string of the molecule is CCCCCC(=O)OC(=O)C[C@H](O)[C@@H](N)CC(C)C. The number of aliphatic hydroxyl groups excluding tert-OH is 1. The Labute approximate surface area is 115 Å². The Morgan fingerprint density at radius 2 is 1.84 bits per heavy atom. The lowest BCUT2D eigenvalue weighted by molar-refractivity contribution is -0.161. The molecule has 0 aromatic carbocycles. The highest BCUT2D eigenvalue weighted by Crippen LogP contribution is 2.10. The first-order valence-corrected chi connectivity index (χ1v) is 7.04. The van der Waals surface area contributed by atoms with E-state index < -0.39 is 24.1 Å². The quantitative estimate of drug-likeness (QED) is 0.379. The number of hydrogen-bond acceptors (Lipinski definition) is 5. The van der Waals surface area contributed by atoms with Gasteiger partial charge in [0, 0.05) is 12.5 Å². The van der Waals surface area contributed by atoms with E-state index in [-0.39, 0.29) is 12.8 Å². The van der Waals surface area contributed by atoms with Crippen LogP contribution >= 0.6 is 0 Å². The van der Waals surface area contributed by atoms with Crippen LogP contribution in [0.3, 0.4) is 0 Å². The van der Waals surface area contributed by atoms with Gasteiger partial charge in [-0.3, -0.25) is 9.59 Å². The van der Waals surface area contributed by atoms with E-state index in [1.54, 1.807) is 0 Å². The number of esters is 2. The molecule has 0 amide bonds. The minimum atomic E-state index is -0.960. The minimum absolute atomic E-state index is 0.229. The van der Waals surface area contributed by atoms with Crippen molar-refractivity contribution in [2.45, 2.75) is 71.4 Å². The third-order valence-electron chi connectivity index (χ3n) is 2.83. The third kappa shape index (κ3) is 9.62. The first-order valence-electron chi connectivity index (χ1n) is 7.04. The van der Waals surface area contributed by atoms with E-state index in [0.717, 1.165) is 19.3 Å². The average molecular weight is 273 g/mol. The summed E-state index contributed by atoms with van der Waals surface area (Å²) in [5.74, 6) is -0.882. The molecule has 0 aromatic heterocycles. The van der Waals surface area contributed by atoms with Crippen LogP contribution in [0.4, 0.5) is 0 Å². The van der Waals surface area contributed by atoms with Crippen molar-refractivity contribution in [2.24, 2.45) is 11.7 Å². The van der Waals surface area contributed by atoms with Gasteiger partial charge in [-0.2, -0.15) is 0 Å². The van der Waals surface area contributed by atoms with Crippen molar-refractivity contribution in [1.82, 2.24) is 0 Å². The van der Waals surface area contributed by atoms with Crippen molar-refractivity contribution < 1.29 is 19.4 Å². The van der Waals surface area contributed by atoms with E-state index in [1.807, 2.05) is 20.8 Å². The molecule has 3 N–H and O–H groups in total. The Balaban J connectivity index is 3.92. The monoisotopic (exact) mass is 273 g/mol. The van der Waals surface area contributed by atoms with E-state index in [4.69, 9.17) is 5.73 Å². The van der Waals surface area contributed by atoms with Crippen molar-refractivity contribution in [3.8, 4) is 0 Å². The van der Waals surface area contributed by atoms with Crippen LogP contribution in [0.25, 0.3) is 0 Å². The number of carbonyl (C=O) groups excluding carboxylic acids is 2. The first kappa shape index (κ1) is 18.1. The highest BCUT2D eigenvalue weighted by atomic mass is 16.6. The zero-order chi connectivity index (χ0) is 14.8. The summed E-state index contributed by atoms with van der Waals surface area (Å²) < 4.78 is 4.63. The van der Waals surface area contributed by atoms with Gasteiger partial charge in [0.2, 0.25) is 0 Å². The Kier molecular flexibility index (Phi) is 9.43. The van der Waals surface area contributed by atoms with Gasteiger partial charge in [-0.25, -0.2) is 0 Å². The number of ether oxygens (including phenoxy) is 1. The van der Waals surface area contributed by atoms with Gasteiger partial charge in [0.1, 0.15) is 0 Å². The van der Waals surface area contributed by atoms with Gasteiger partial charge in [0.25, 0.3) is 0 Å². The summed E-state index contributed by atoms with van der Waals surface area (Å²) in [5, 5.41) is 9.73. The van der Waals surface area contributed by atoms with Gasteiger partial charge in [-0.15, -0.1) is 0 Å². The number of hydrogen-bond donors (Lipinski definition) is 2. The second-order valence-corrected chi connectivity index (χ2v) is 5.37. The lowest BCUT2D eigenvalue weighted by Gasteiger charge is -2.19. The van der Waals surface area contributed by atoms with Crippen LogP contribution in [0.15, 0.2) is 0 Å². The molecule has 0 saturated carbocycles. The van der Waals surface area contributed by atoms with Gasteiger partial charge in [-0.05, 0) is 18.8 Å². The Hall–Kier alpha value is -0.940. The summed E-state index contributed by atoms with van der Waals surface area (Å²) in [7, 11) is 0. The van der Waals surface area contributed by atoms with E-state index >= 15 is 0 Å². The van der Waals surface area contributed by atoms with E-state index in [1.165, 1.54) is 0 Å². The highest BCUT2D eigenvalue weighted by Gasteiger charge is 2.21. The van der Waals surface area contributed by atoms with Crippen molar-refractivity contribution in [3.63, 3.8) is 0 Å². The summed E-state index contributed by atoms with van der Waals surface area (Å²) in [6, 6.07) is -0.470. The molecule has 0 saturated heterocycles. The Morgan fingerprint density at radius 1 is 1.21 bits per heavy atom. The molecule has 112 valence electrons. The second-order valence-electron chi connectivity index (χ2n) is 5.37. The molecule has 0 fully saturated rings. The lowest BCUT2D eigenvalue weighted by atomic mass is 9.98. The van der Waals surface area contributed by atoms with Crippen molar-refractivity contribution >= 4 is 11.9 Å². The van der Waals surface area contributed by atoms with E-state index in [0.29, 0.717) is 12.3 Å². The molecule has 5 heteroatoms. The summed E-state index contributed by atoms with van der Waals surface area (Å²) in [4.78, 5) is 22.7. The van der Waals surface area contributed by atoms with Crippen LogP contribution in [0.1, 0.15) is 59.3 Å². The number of rotatable bonds is 9. The number of nitrogens with two attached hydrogens (primary N) is 1. The molecule has 0 aliphatic heterocycles. The van der Waals surface area contributed by atoms with Crippen LogP contribution in [0.5, 0.6) is 0 Å². The lowest BCUT2D eigenvalue weighted by Crippen LogP contribution is -2.37. The van der Waals surface area contributed by atoms with Gasteiger partial charge in [0.05, 0.1) is 12.5 Å². The molecule has 0 aromatic rings. The van der Waals surface area contributed by atoms with Crippen molar-refractivity contribution in [3.05, 3.63) is 0 Å². The first-order chi connectivity index (χ1) is 8.86. The molecular weight excluding hydrogens is 246 g/mol. The zero-order valence-corrected chi connectivity index (χ0v) is 12.2. The van der Waals surface area contributed by atoms with Crippen LogP contribution in [0.2, 0.25) is 0 Å². The molecule has 0 radical (unpaired) electrons. The Morgan fingerprint density at radius 3 is 2.37 bits per heavy atom. The fourth-order valence-electron chi connectivity index (χ4n) is 1.76. The van der Waals surface area contributed by atoms with Gasteiger partial charge >= 0.3 is 11.9 Å².